The van der Waals surface area contributed by atoms with Crippen molar-refractivity contribution in [2.24, 2.45) is 0 Å². The molecule has 1 rings (SSSR count). The Hall–Kier alpha value is -2.02. The molecule has 1 aromatic heterocycles. The molecule has 4 nitrogen and oxygen atoms in total. The fourth-order valence-corrected chi connectivity index (χ4v) is 0.986. The zero-order valence-corrected chi connectivity index (χ0v) is 7.90. The van der Waals surface area contributed by atoms with Gasteiger partial charge in [-0.25, -0.2) is 4.98 Å². The van der Waals surface area contributed by atoms with Gasteiger partial charge >= 0.3 is 0 Å². The van der Waals surface area contributed by atoms with E-state index in [2.05, 4.69) is 10.9 Å². The number of carbonyl (C=O) groups is 1. The largest absolute Gasteiger partial charge is 0.397 e. The van der Waals surface area contributed by atoms with Gasteiger partial charge in [-0.3, -0.25) is 4.79 Å². The Labute approximate surface area is 82.7 Å². The van der Waals surface area contributed by atoms with E-state index in [1.54, 1.807) is 19.2 Å². The molecule has 14 heavy (non-hydrogen) atoms. The second kappa shape index (κ2) is 4.28. The quantitative estimate of drug-likeness (QED) is 0.684. The minimum Gasteiger partial charge on any atom is -0.397 e. The standard InChI is InChI=1S/C10H11N3O/c1-3-7-13(2)10(14)9-8(11)5-4-6-12-9/h1,4-6H,7,11H2,2H3. The number of pyridine rings is 1. The summed E-state index contributed by atoms with van der Waals surface area (Å²) in [4.78, 5) is 16.9. The summed E-state index contributed by atoms with van der Waals surface area (Å²) < 4.78 is 0. The number of hydrogen-bond acceptors (Lipinski definition) is 3. The number of aromatic nitrogens is 1. The fourth-order valence-electron chi connectivity index (χ4n) is 0.986. The first-order valence-corrected chi connectivity index (χ1v) is 4.06. The lowest BCUT2D eigenvalue weighted by atomic mass is 10.3. The van der Waals surface area contributed by atoms with Crippen LogP contribution in [-0.2, 0) is 0 Å². The highest BCUT2D eigenvalue weighted by molar-refractivity contribution is 5.96. The van der Waals surface area contributed by atoms with Crippen molar-refractivity contribution in [2.75, 3.05) is 19.3 Å². The third kappa shape index (κ3) is 2.02. The lowest BCUT2D eigenvalue weighted by Crippen LogP contribution is -2.28. The third-order valence-electron chi connectivity index (χ3n) is 1.72. The molecule has 0 spiro atoms. The molecule has 0 radical (unpaired) electrons. The van der Waals surface area contributed by atoms with Gasteiger partial charge in [-0.05, 0) is 12.1 Å². The van der Waals surface area contributed by atoms with Crippen LogP contribution in [0.1, 0.15) is 10.5 Å². The van der Waals surface area contributed by atoms with E-state index in [1.807, 2.05) is 0 Å². The molecule has 2 N–H and O–H groups in total. The van der Waals surface area contributed by atoms with Crippen molar-refractivity contribution in [3.63, 3.8) is 0 Å². The van der Waals surface area contributed by atoms with Gasteiger partial charge in [0.05, 0.1) is 12.2 Å². The molecule has 1 aromatic rings. The van der Waals surface area contributed by atoms with Crippen molar-refractivity contribution in [1.82, 2.24) is 9.88 Å². The van der Waals surface area contributed by atoms with E-state index in [9.17, 15) is 4.79 Å². The number of amides is 1. The predicted octanol–water partition coefficient (Wildman–Crippen LogP) is 0.369. The molecule has 0 saturated carbocycles. The van der Waals surface area contributed by atoms with Crippen LogP contribution < -0.4 is 5.73 Å². The van der Waals surface area contributed by atoms with E-state index in [0.717, 1.165) is 0 Å². The first kappa shape index (κ1) is 10.1. The van der Waals surface area contributed by atoms with E-state index in [1.165, 1.54) is 11.1 Å². The second-order valence-electron chi connectivity index (χ2n) is 2.81. The second-order valence-corrected chi connectivity index (χ2v) is 2.81. The van der Waals surface area contributed by atoms with Crippen LogP contribution in [-0.4, -0.2) is 29.4 Å². The molecule has 0 aliphatic carbocycles. The van der Waals surface area contributed by atoms with Gasteiger partial charge in [0.15, 0.2) is 5.69 Å². The van der Waals surface area contributed by atoms with Crippen LogP contribution in [0.3, 0.4) is 0 Å². The van der Waals surface area contributed by atoms with Crippen LogP contribution in [0.25, 0.3) is 0 Å². The van der Waals surface area contributed by atoms with E-state index >= 15 is 0 Å². The highest BCUT2D eigenvalue weighted by Crippen LogP contribution is 2.08. The zero-order valence-electron chi connectivity index (χ0n) is 7.90. The fraction of sp³-hybridized carbons (Fsp3) is 0.200. The monoisotopic (exact) mass is 189 g/mol. The molecular weight excluding hydrogens is 178 g/mol. The molecule has 0 bridgehead atoms. The Morgan fingerprint density at radius 1 is 1.79 bits per heavy atom. The Morgan fingerprint density at radius 2 is 2.50 bits per heavy atom. The minimum absolute atomic E-state index is 0.241. The number of nitrogens with two attached hydrogens (primary N) is 1. The molecule has 4 heteroatoms. The highest BCUT2D eigenvalue weighted by Gasteiger charge is 2.14. The normalized spacial score (nSPS) is 9.14. The molecule has 0 aliphatic rings. The van der Waals surface area contributed by atoms with Gasteiger partial charge < -0.3 is 10.6 Å². The summed E-state index contributed by atoms with van der Waals surface area (Å²) in [6.07, 6.45) is 6.61. The van der Waals surface area contributed by atoms with Crippen molar-refractivity contribution in [3.8, 4) is 12.3 Å². The van der Waals surface area contributed by atoms with E-state index in [-0.39, 0.29) is 18.1 Å². The smallest absolute Gasteiger partial charge is 0.275 e. The Balaban J connectivity index is 2.91. The molecule has 0 atom stereocenters. The number of nitrogens with zero attached hydrogens (tertiary/aromatic N) is 2. The first-order chi connectivity index (χ1) is 6.66. The van der Waals surface area contributed by atoms with Crippen molar-refractivity contribution < 1.29 is 4.79 Å². The Bertz CT molecular complexity index is 381. The number of rotatable bonds is 2. The van der Waals surface area contributed by atoms with E-state index in [4.69, 9.17) is 12.2 Å². The number of hydrogen-bond donors (Lipinski definition) is 1. The van der Waals surface area contributed by atoms with Crippen molar-refractivity contribution in [1.29, 1.82) is 0 Å². The summed E-state index contributed by atoms with van der Waals surface area (Å²) in [5.74, 6) is 2.11. The van der Waals surface area contributed by atoms with Crippen molar-refractivity contribution in [2.45, 2.75) is 0 Å². The Morgan fingerprint density at radius 3 is 3.07 bits per heavy atom. The molecule has 0 unspecified atom stereocenters. The third-order valence-corrected chi connectivity index (χ3v) is 1.72. The average Bonchev–Trinajstić information content (AvgIpc) is 2.18. The summed E-state index contributed by atoms with van der Waals surface area (Å²) in [7, 11) is 1.61. The number of anilines is 1. The summed E-state index contributed by atoms with van der Waals surface area (Å²) in [5.41, 5.74) is 6.20. The van der Waals surface area contributed by atoms with Crippen LogP contribution in [0.5, 0.6) is 0 Å². The van der Waals surface area contributed by atoms with E-state index < -0.39 is 0 Å². The first-order valence-electron chi connectivity index (χ1n) is 4.06. The van der Waals surface area contributed by atoms with Gasteiger partial charge in [0.1, 0.15) is 0 Å². The van der Waals surface area contributed by atoms with Crippen LogP contribution in [0.4, 0.5) is 5.69 Å². The molecule has 0 aliphatic heterocycles. The number of carbonyl (C=O) groups excluding carboxylic acids is 1. The number of nitrogen functional groups attached to an aromatic ring is 1. The molecule has 0 aromatic carbocycles. The maximum Gasteiger partial charge on any atom is 0.275 e. The van der Waals surface area contributed by atoms with Crippen LogP contribution in [0, 0.1) is 12.3 Å². The molecule has 0 saturated heterocycles. The topological polar surface area (TPSA) is 59.2 Å². The van der Waals surface area contributed by atoms with Gasteiger partial charge in [-0.1, -0.05) is 5.92 Å². The maximum atomic E-state index is 11.6. The maximum absolute atomic E-state index is 11.6. The van der Waals surface area contributed by atoms with Crippen LogP contribution in [0.15, 0.2) is 18.3 Å². The molecule has 1 amide bonds. The van der Waals surface area contributed by atoms with Gasteiger partial charge in [-0.15, -0.1) is 6.42 Å². The van der Waals surface area contributed by atoms with E-state index in [0.29, 0.717) is 5.69 Å². The summed E-state index contributed by atoms with van der Waals surface area (Å²) in [5, 5.41) is 0. The lowest BCUT2D eigenvalue weighted by molar-refractivity contribution is 0.0808. The SMILES string of the molecule is C#CCN(C)C(=O)c1ncccc1N. The highest BCUT2D eigenvalue weighted by atomic mass is 16.2. The van der Waals surface area contributed by atoms with Crippen molar-refractivity contribution in [3.05, 3.63) is 24.0 Å². The molecule has 72 valence electrons. The van der Waals surface area contributed by atoms with Crippen LogP contribution in [0.2, 0.25) is 0 Å². The summed E-state index contributed by atoms with van der Waals surface area (Å²) in [6, 6.07) is 3.30. The van der Waals surface area contributed by atoms with Gasteiger partial charge in [0.2, 0.25) is 0 Å². The lowest BCUT2D eigenvalue weighted by Gasteiger charge is -2.13. The van der Waals surface area contributed by atoms with Crippen molar-refractivity contribution >= 4 is 11.6 Å². The number of terminal acetylenes is 1. The van der Waals surface area contributed by atoms with Gasteiger partial charge in [-0.2, -0.15) is 0 Å². The Kier molecular flexibility index (Phi) is 3.08. The van der Waals surface area contributed by atoms with Crippen LogP contribution >= 0.6 is 0 Å². The molecular formula is C10H11N3O. The summed E-state index contributed by atoms with van der Waals surface area (Å²) >= 11 is 0. The van der Waals surface area contributed by atoms with Gasteiger partial charge in [0.25, 0.3) is 5.91 Å². The average molecular weight is 189 g/mol. The van der Waals surface area contributed by atoms with Gasteiger partial charge in [0, 0.05) is 13.2 Å². The summed E-state index contributed by atoms with van der Waals surface area (Å²) in [6.45, 7) is 0.245. The molecule has 1 heterocycles. The predicted molar refractivity (Wildman–Crippen MR) is 54.4 cm³/mol. The minimum atomic E-state index is -0.263. The zero-order chi connectivity index (χ0) is 10.6. The molecule has 0 fully saturated rings.